The third-order valence-corrected chi connectivity index (χ3v) is 12.7. The van der Waals surface area contributed by atoms with Gasteiger partial charge in [-0.15, -0.1) is 0 Å². The van der Waals surface area contributed by atoms with Gasteiger partial charge in [0.1, 0.15) is 19.2 Å². The topological polar surface area (TPSA) is 51.8 Å². The Morgan fingerprint density at radius 1 is 0.500 bits per heavy atom. The van der Waals surface area contributed by atoms with Crippen LogP contribution in [-0.4, -0.2) is 23.0 Å². The van der Waals surface area contributed by atoms with Gasteiger partial charge in [-0.05, 0) is 50.5 Å². The van der Waals surface area contributed by atoms with E-state index in [-0.39, 0.29) is 0 Å². The van der Waals surface area contributed by atoms with Gasteiger partial charge in [-0.1, -0.05) is 122 Å². The van der Waals surface area contributed by atoms with Crippen LogP contribution in [0.4, 0.5) is 0 Å². The average Bonchev–Trinajstić information content (AvgIpc) is 3.56. The van der Waals surface area contributed by atoms with E-state index in [1.54, 1.807) is 0 Å². The Morgan fingerprint density at radius 3 is 2.07 bits per heavy atom. The quantitative estimate of drug-likeness (QED) is 0.196. The predicted molar refractivity (Wildman–Crippen MR) is 183 cm³/mol. The van der Waals surface area contributed by atoms with Crippen molar-refractivity contribution in [3.63, 3.8) is 0 Å². The molecule has 0 unspecified atom stereocenters. The van der Waals surface area contributed by atoms with E-state index in [2.05, 4.69) is 104 Å². The molecule has 0 radical (unpaired) electrons. The van der Waals surface area contributed by atoms with Gasteiger partial charge < -0.3 is 4.42 Å². The second-order valence-electron chi connectivity index (χ2n) is 12.0. The molecular weight excluding hydrogens is 555 g/mol. The van der Waals surface area contributed by atoms with Crippen molar-refractivity contribution in [2.75, 3.05) is 0 Å². The second kappa shape index (κ2) is 9.30. The van der Waals surface area contributed by atoms with E-state index < -0.39 is 8.07 Å². The molecule has 0 aliphatic carbocycles. The van der Waals surface area contributed by atoms with Crippen LogP contribution in [0.3, 0.4) is 0 Å². The van der Waals surface area contributed by atoms with Gasteiger partial charge in [-0.2, -0.15) is 0 Å². The minimum absolute atomic E-state index is 0.627. The molecule has 0 fully saturated rings. The van der Waals surface area contributed by atoms with Crippen LogP contribution < -0.4 is 10.4 Å². The van der Waals surface area contributed by atoms with Crippen molar-refractivity contribution < 1.29 is 4.42 Å². The number of nitrogens with zero attached hydrogens (tertiary/aromatic N) is 3. The van der Waals surface area contributed by atoms with Crippen molar-refractivity contribution in [1.29, 1.82) is 0 Å². The number of fused-ring (bicyclic) bond motifs is 8. The molecule has 5 heteroatoms. The highest BCUT2D eigenvalue weighted by Gasteiger charge is 2.40. The molecule has 0 spiro atoms. The van der Waals surface area contributed by atoms with Crippen LogP contribution in [0.1, 0.15) is 0 Å². The average molecular weight is 582 g/mol. The molecule has 8 aromatic rings. The van der Waals surface area contributed by atoms with Crippen LogP contribution >= 0.6 is 0 Å². The van der Waals surface area contributed by atoms with E-state index in [0.717, 1.165) is 38.6 Å². The number of benzene rings is 6. The van der Waals surface area contributed by atoms with E-state index in [0.29, 0.717) is 17.5 Å². The molecule has 2 aromatic heterocycles. The monoisotopic (exact) mass is 581 g/mol. The first-order valence-corrected chi connectivity index (χ1v) is 18.0. The van der Waals surface area contributed by atoms with Gasteiger partial charge in [0.15, 0.2) is 17.5 Å². The molecule has 0 N–H and O–H groups in total. The molecule has 0 atom stereocenters. The van der Waals surface area contributed by atoms with Gasteiger partial charge in [-0.25, -0.2) is 15.0 Å². The summed E-state index contributed by atoms with van der Waals surface area (Å²) in [5.74, 6) is 1.96. The van der Waals surface area contributed by atoms with Crippen LogP contribution in [0.2, 0.25) is 13.1 Å². The molecule has 6 aromatic carbocycles. The fraction of sp³-hybridized carbons (Fsp3) is 0.0513. The zero-order valence-corrected chi connectivity index (χ0v) is 25.4. The van der Waals surface area contributed by atoms with Crippen LogP contribution in [0.25, 0.3) is 78.0 Å². The number of aromatic nitrogens is 3. The highest BCUT2D eigenvalue weighted by atomic mass is 28.3. The van der Waals surface area contributed by atoms with E-state index in [1.165, 1.54) is 32.3 Å². The summed E-state index contributed by atoms with van der Waals surface area (Å²) >= 11 is 0. The fourth-order valence-corrected chi connectivity index (χ4v) is 10.5. The van der Waals surface area contributed by atoms with Gasteiger partial charge >= 0.3 is 0 Å². The fourth-order valence-electron chi connectivity index (χ4n) is 7.04. The number of hydrogen-bond acceptors (Lipinski definition) is 4. The van der Waals surface area contributed by atoms with Crippen LogP contribution in [0.15, 0.2) is 132 Å². The maximum Gasteiger partial charge on any atom is 0.164 e. The maximum absolute atomic E-state index is 6.24. The summed E-state index contributed by atoms with van der Waals surface area (Å²) in [6.45, 7) is 4.93. The van der Waals surface area contributed by atoms with E-state index in [4.69, 9.17) is 19.4 Å². The highest BCUT2D eigenvalue weighted by Crippen LogP contribution is 2.39. The molecule has 1 aliphatic heterocycles. The zero-order chi connectivity index (χ0) is 29.4. The summed E-state index contributed by atoms with van der Waals surface area (Å²) < 4.78 is 6.24. The summed E-state index contributed by atoms with van der Waals surface area (Å²) in [5, 5.41) is 7.74. The predicted octanol–water partition coefficient (Wildman–Crippen LogP) is 8.73. The van der Waals surface area contributed by atoms with Gasteiger partial charge in [-0.3, -0.25) is 0 Å². The largest absolute Gasteiger partial charge is 0.456 e. The van der Waals surface area contributed by atoms with Crippen molar-refractivity contribution in [3.05, 3.63) is 127 Å². The lowest BCUT2D eigenvalue weighted by Gasteiger charge is -2.20. The molecule has 1 aliphatic rings. The number of para-hydroxylation sites is 1. The van der Waals surface area contributed by atoms with Crippen LogP contribution in [0, 0.1) is 0 Å². The van der Waals surface area contributed by atoms with Crippen molar-refractivity contribution in [3.8, 4) is 45.3 Å². The smallest absolute Gasteiger partial charge is 0.164 e. The zero-order valence-electron chi connectivity index (χ0n) is 24.4. The summed E-state index contributed by atoms with van der Waals surface area (Å²) in [5.41, 5.74) is 7.15. The molecule has 0 bridgehead atoms. The molecule has 9 rings (SSSR count). The number of furan rings is 1. The Bertz CT molecular complexity index is 2430. The highest BCUT2D eigenvalue weighted by molar-refractivity contribution is 7.05. The third-order valence-electron chi connectivity index (χ3n) is 9.11. The van der Waals surface area contributed by atoms with Gasteiger partial charge in [0.05, 0.1) is 0 Å². The first kappa shape index (κ1) is 25.1. The number of hydrogen-bond donors (Lipinski definition) is 0. The molecular formula is C39H27N3OSi. The number of rotatable bonds is 3. The normalized spacial score (nSPS) is 13.4. The summed E-state index contributed by atoms with van der Waals surface area (Å²) in [6.07, 6.45) is 0. The van der Waals surface area contributed by atoms with Crippen LogP contribution in [-0.2, 0) is 0 Å². The Hall–Kier alpha value is -5.39. The minimum atomic E-state index is -2.00. The van der Waals surface area contributed by atoms with Crippen molar-refractivity contribution in [2.24, 2.45) is 0 Å². The standard InChI is InChI=1S/C39H27N3OSi/c1-44(2)34-18-10-16-31(35(34)30-22-19-24-11-6-7-14-27(24)36(30)44)39-41-37(25-12-4-3-5-13-25)40-38(42-39)26-20-21-29-28-15-8-9-17-32(28)43-33(29)23-26/h3-23H,1-2H3. The summed E-state index contributed by atoms with van der Waals surface area (Å²) in [4.78, 5) is 15.3. The summed E-state index contributed by atoms with van der Waals surface area (Å²) in [7, 11) is -2.00. The van der Waals surface area contributed by atoms with Gasteiger partial charge in [0.2, 0.25) is 0 Å². The molecule has 44 heavy (non-hydrogen) atoms. The lowest BCUT2D eigenvalue weighted by molar-refractivity contribution is 0.669. The van der Waals surface area contributed by atoms with Crippen molar-refractivity contribution >= 4 is 51.2 Å². The van der Waals surface area contributed by atoms with Crippen molar-refractivity contribution in [1.82, 2.24) is 15.0 Å². The maximum atomic E-state index is 6.24. The summed E-state index contributed by atoms with van der Waals surface area (Å²) in [6, 6.07) is 44.5. The SMILES string of the molecule is C[Si]1(C)c2cccc(-c3nc(-c4ccccc4)nc(-c4ccc5c(c4)oc4ccccc45)n3)c2-c2ccc3ccccc3c21. The second-order valence-corrected chi connectivity index (χ2v) is 16.3. The lowest BCUT2D eigenvalue weighted by Crippen LogP contribution is -2.49. The van der Waals surface area contributed by atoms with Gasteiger partial charge in [0, 0.05) is 27.5 Å². The molecule has 3 heterocycles. The molecule has 208 valence electrons. The first-order chi connectivity index (χ1) is 21.6. The third kappa shape index (κ3) is 3.66. The van der Waals surface area contributed by atoms with E-state index in [9.17, 15) is 0 Å². The van der Waals surface area contributed by atoms with E-state index >= 15 is 0 Å². The lowest BCUT2D eigenvalue weighted by atomic mass is 9.96. The molecule has 0 saturated carbocycles. The Kier molecular flexibility index (Phi) is 5.31. The first-order valence-electron chi connectivity index (χ1n) is 15.0. The Balaban J connectivity index is 1.29. The van der Waals surface area contributed by atoms with Crippen LogP contribution in [0.5, 0.6) is 0 Å². The molecule has 4 nitrogen and oxygen atoms in total. The van der Waals surface area contributed by atoms with Crippen molar-refractivity contribution in [2.45, 2.75) is 13.1 Å². The molecule has 0 amide bonds. The Labute approximate surface area is 255 Å². The minimum Gasteiger partial charge on any atom is -0.456 e. The van der Waals surface area contributed by atoms with Gasteiger partial charge in [0.25, 0.3) is 0 Å². The van der Waals surface area contributed by atoms with E-state index in [1.807, 2.05) is 36.4 Å². The molecule has 0 saturated heterocycles. The Morgan fingerprint density at radius 2 is 1.20 bits per heavy atom.